The Labute approximate surface area is 92.9 Å². The van der Waals surface area contributed by atoms with Crippen molar-refractivity contribution in [1.82, 2.24) is 4.98 Å². The average Bonchev–Trinajstić information content (AvgIpc) is 2.61. The normalized spacial score (nSPS) is 9.86. The molecule has 0 amide bonds. The van der Waals surface area contributed by atoms with Crippen LogP contribution in [-0.2, 0) is 0 Å². The maximum Gasteiger partial charge on any atom is 0.0583 e. The summed E-state index contributed by atoms with van der Waals surface area (Å²) < 4.78 is 0. The summed E-state index contributed by atoms with van der Waals surface area (Å²) in [6.07, 6.45) is 1.89. The van der Waals surface area contributed by atoms with Crippen molar-refractivity contribution in [1.29, 1.82) is 0 Å². The van der Waals surface area contributed by atoms with Crippen molar-refractivity contribution in [3.8, 4) is 11.8 Å². The van der Waals surface area contributed by atoms with E-state index in [1.165, 1.54) is 0 Å². The molecule has 2 rings (SSSR count). The molecule has 0 saturated carbocycles. The summed E-state index contributed by atoms with van der Waals surface area (Å²) >= 11 is 10.1. The van der Waals surface area contributed by atoms with E-state index in [-0.39, 0.29) is 0 Å². The van der Waals surface area contributed by atoms with Gasteiger partial charge in [0.2, 0.25) is 0 Å². The van der Waals surface area contributed by atoms with Crippen molar-refractivity contribution in [2.45, 2.75) is 0 Å². The van der Waals surface area contributed by atoms with Crippen LogP contribution in [0.4, 0.5) is 0 Å². The highest BCUT2D eigenvalue weighted by atomic mass is 35.5. The van der Waals surface area contributed by atoms with Crippen LogP contribution in [-0.4, -0.2) is 10.7 Å². The zero-order valence-electron chi connectivity index (χ0n) is 7.34. The van der Waals surface area contributed by atoms with Crippen molar-refractivity contribution >= 4 is 35.1 Å². The number of fused-ring (bicyclic) bond motifs is 1. The molecule has 0 bridgehead atoms. The summed E-state index contributed by atoms with van der Waals surface area (Å²) in [6, 6.07) is 5.86. The first kappa shape index (κ1) is 9.51. The SMILES string of the molecule is SCC#Cc1cc2cc[nH]c2cc1Cl. The fraction of sp³-hybridized carbons (Fsp3) is 0.0909. The van der Waals surface area contributed by atoms with E-state index in [9.17, 15) is 0 Å². The van der Waals surface area contributed by atoms with Gasteiger partial charge in [-0.2, -0.15) is 12.6 Å². The number of aromatic amines is 1. The first-order valence-electron chi connectivity index (χ1n) is 4.17. The van der Waals surface area contributed by atoms with Gasteiger partial charge in [0.25, 0.3) is 0 Å². The maximum atomic E-state index is 6.05. The third-order valence-corrected chi connectivity index (χ3v) is 2.41. The number of halogens is 1. The molecule has 0 saturated heterocycles. The molecule has 2 aromatic rings. The molecule has 0 fully saturated rings. The molecule has 70 valence electrons. The molecule has 3 heteroatoms. The average molecular weight is 222 g/mol. The summed E-state index contributed by atoms with van der Waals surface area (Å²) in [6.45, 7) is 0. The Balaban J connectivity index is 2.59. The van der Waals surface area contributed by atoms with Gasteiger partial charge in [0, 0.05) is 22.7 Å². The molecule has 1 heterocycles. The molecule has 0 unspecified atom stereocenters. The minimum Gasteiger partial charge on any atom is -0.361 e. The molecule has 0 aliphatic rings. The maximum absolute atomic E-state index is 6.05. The van der Waals surface area contributed by atoms with Crippen LogP contribution in [0.15, 0.2) is 24.4 Å². The predicted octanol–water partition coefficient (Wildman–Crippen LogP) is 3.10. The van der Waals surface area contributed by atoms with Gasteiger partial charge in [-0.05, 0) is 18.2 Å². The fourth-order valence-electron chi connectivity index (χ4n) is 1.30. The van der Waals surface area contributed by atoms with E-state index in [1.54, 1.807) is 0 Å². The number of hydrogen-bond donors (Lipinski definition) is 2. The van der Waals surface area contributed by atoms with Crippen LogP contribution in [0.5, 0.6) is 0 Å². The van der Waals surface area contributed by atoms with Crippen molar-refractivity contribution < 1.29 is 0 Å². The van der Waals surface area contributed by atoms with E-state index in [2.05, 4.69) is 29.5 Å². The largest absolute Gasteiger partial charge is 0.361 e. The minimum absolute atomic E-state index is 0.543. The minimum atomic E-state index is 0.543. The van der Waals surface area contributed by atoms with Crippen LogP contribution in [0, 0.1) is 11.8 Å². The van der Waals surface area contributed by atoms with Crippen LogP contribution in [0.1, 0.15) is 5.56 Å². The molecule has 0 aliphatic carbocycles. The lowest BCUT2D eigenvalue weighted by molar-refractivity contribution is 1.48. The van der Waals surface area contributed by atoms with Crippen molar-refractivity contribution in [2.75, 3.05) is 5.75 Å². The van der Waals surface area contributed by atoms with E-state index in [0.717, 1.165) is 16.5 Å². The van der Waals surface area contributed by atoms with Crippen molar-refractivity contribution in [3.63, 3.8) is 0 Å². The van der Waals surface area contributed by atoms with Gasteiger partial charge < -0.3 is 4.98 Å². The second-order valence-corrected chi connectivity index (χ2v) is 3.58. The molecule has 1 nitrogen and oxygen atoms in total. The topological polar surface area (TPSA) is 15.8 Å². The van der Waals surface area contributed by atoms with Crippen LogP contribution >= 0.6 is 24.2 Å². The highest BCUT2D eigenvalue weighted by Gasteiger charge is 2.00. The number of aromatic nitrogens is 1. The highest BCUT2D eigenvalue weighted by molar-refractivity contribution is 7.80. The van der Waals surface area contributed by atoms with E-state index < -0.39 is 0 Å². The number of thiol groups is 1. The van der Waals surface area contributed by atoms with Gasteiger partial charge in [0.1, 0.15) is 0 Å². The third kappa shape index (κ3) is 1.75. The monoisotopic (exact) mass is 221 g/mol. The van der Waals surface area contributed by atoms with Crippen LogP contribution in [0.2, 0.25) is 5.02 Å². The lowest BCUT2D eigenvalue weighted by Crippen LogP contribution is -1.78. The molecule has 1 aromatic carbocycles. The number of H-pyrrole nitrogens is 1. The molecule has 1 N–H and O–H groups in total. The second kappa shape index (κ2) is 4.00. The van der Waals surface area contributed by atoms with E-state index in [1.807, 2.05) is 24.4 Å². The van der Waals surface area contributed by atoms with Gasteiger partial charge in [-0.3, -0.25) is 0 Å². The van der Waals surface area contributed by atoms with Crippen molar-refractivity contribution in [2.24, 2.45) is 0 Å². The fourth-order valence-corrected chi connectivity index (χ4v) is 1.59. The van der Waals surface area contributed by atoms with Crippen LogP contribution < -0.4 is 0 Å². The first-order valence-corrected chi connectivity index (χ1v) is 5.18. The number of hydrogen-bond acceptors (Lipinski definition) is 1. The first-order chi connectivity index (χ1) is 6.81. The molecule has 1 aromatic heterocycles. The Kier molecular flexibility index (Phi) is 2.72. The Morgan fingerprint density at radius 2 is 2.29 bits per heavy atom. The van der Waals surface area contributed by atoms with Gasteiger partial charge >= 0.3 is 0 Å². The number of benzene rings is 1. The molecular formula is C11H8ClNS. The summed E-state index contributed by atoms with van der Waals surface area (Å²) in [5.74, 6) is 6.40. The molecule has 0 aliphatic heterocycles. The number of rotatable bonds is 0. The second-order valence-electron chi connectivity index (χ2n) is 2.86. The quantitative estimate of drug-likeness (QED) is 0.502. The summed E-state index contributed by atoms with van der Waals surface area (Å²) in [5, 5.41) is 1.80. The van der Waals surface area contributed by atoms with E-state index >= 15 is 0 Å². The zero-order chi connectivity index (χ0) is 9.97. The standard InChI is InChI=1S/C11H8ClNS/c12-10-7-11-9(3-4-13-11)6-8(10)2-1-5-14/h3-4,6-7,13-14H,5H2. The predicted molar refractivity (Wildman–Crippen MR) is 64.0 cm³/mol. The van der Waals surface area contributed by atoms with Crippen LogP contribution in [0.3, 0.4) is 0 Å². The molecule has 0 radical (unpaired) electrons. The smallest absolute Gasteiger partial charge is 0.0583 e. The summed E-state index contributed by atoms with van der Waals surface area (Å²) in [7, 11) is 0. The molecular weight excluding hydrogens is 214 g/mol. The Morgan fingerprint density at radius 1 is 1.43 bits per heavy atom. The third-order valence-electron chi connectivity index (χ3n) is 1.94. The van der Waals surface area contributed by atoms with Gasteiger partial charge in [0.15, 0.2) is 0 Å². The molecule has 14 heavy (non-hydrogen) atoms. The summed E-state index contributed by atoms with van der Waals surface area (Å²) in [4.78, 5) is 3.10. The van der Waals surface area contributed by atoms with E-state index in [4.69, 9.17) is 11.6 Å². The van der Waals surface area contributed by atoms with Crippen LogP contribution in [0.25, 0.3) is 10.9 Å². The van der Waals surface area contributed by atoms with E-state index in [0.29, 0.717) is 10.8 Å². The number of nitrogens with one attached hydrogen (secondary N) is 1. The Bertz CT molecular complexity index is 519. The van der Waals surface area contributed by atoms with Crippen molar-refractivity contribution in [3.05, 3.63) is 35.0 Å². The van der Waals surface area contributed by atoms with Gasteiger partial charge in [-0.25, -0.2) is 0 Å². The zero-order valence-corrected chi connectivity index (χ0v) is 8.99. The Hall–Kier alpha value is -1.04. The van der Waals surface area contributed by atoms with Gasteiger partial charge in [-0.1, -0.05) is 23.4 Å². The lowest BCUT2D eigenvalue weighted by Gasteiger charge is -1.96. The highest BCUT2D eigenvalue weighted by Crippen LogP contribution is 2.22. The molecule has 0 spiro atoms. The Morgan fingerprint density at radius 3 is 3.07 bits per heavy atom. The lowest BCUT2D eigenvalue weighted by atomic mass is 10.1. The molecule has 0 atom stereocenters. The van der Waals surface area contributed by atoms with Gasteiger partial charge in [0.05, 0.1) is 10.8 Å². The van der Waals surface area contributed by atoms with Gasteiger partial charge in [-0.15, -0.1) is 0 Å². The summed E-state index contributed by atoms with van der Waals surface area (Å²) in [5.41, 5.74) is 1.89.